The molecule has 0 saturated carbocycles. The summed E-state index contributed by atoms with van der Waals surface area (Å²) in [5.74, 6) is -0.496. The molecule has 0 saturated heterocycles. The Labute approximate surface area is 143 Å². The second kappa shape index (κ2) is 6.13. The van der Waals surface area contributed by atoms with Crippen molar-refractivity contribution in [2.45, 2.75) is 0 Å². The van der Waals surface area contributed by atoms with Gasteiger partial charge in [-0.3, -0.25) is 4.79 Å². The maximum atomic E-state index is 12.5. The lowest BCUT2D eigenvalue weighted by atomic mass is 10.1. The van der Waals surface area contributed by atoms with Crippen molar-refractivity contribution in [1.29, 1.82) is 0 Å². The predicted octanol–water partition coefficient (Wildman–Crippen LogP) is 3.84. The van der Waals surface area contributed by atoms with E-state index in [1.54, 1.807) is 30.3 Å². The molecule has 0 spiro atoms. The van der Waals surface area contributed by atoms with Gasteiger partial charge in [-0.2, -0.15) is 0 Å². The van der Waals surface area contributed by atoms with Gasteiger partial charge in [0, 0.05) is 29.2 Å². The van der Waals surface area contributed by atoms with E-state index in [0.717, 1.165) is 5.69 Å². The van der Waals surface area contributed by atoms with E-state index < -0.39 is 11.5 Å². The second-order valence-electron chi connectivity index (χ2n) is 5.58. The van der Waals surface area contributed by atoms with Crippen molar-refractivity contribution in [2.24, 2.45) is 0 Å². The number of carbonyl (C=O) groups is 1. The molecular formula is C20H14N2O3. The third-order valence-electron chi connectivity index (χ3n) is 3.89. The zero-order valence-corrected chi connectivity index (χ0v) is 13.2. The molecule has 2 aromatic heterocycles. The number of para-hydroxylation sites is 1. The van der Waals surface area contributed by atoms with Gasteiger partial charge >= 0.3 is 5.63 Å². The molecule has 0 unspecified atom stereocenters. The summed E-state index contributed by atoms with van der Waals surface area (Å²) >= 11 is 0. The van der Waals surface area contributed by atoms with Gasteiger partial charge in [0.1, 0.15) is 11.1 Å². The minimum atomic E-state index is -0.655. The van der Waals surface area contributed by atoms with Crippen molar-refractivity contribution in [3.8, 4) is 5.69 Å². The number of hydrogen-bond donors (Lipinski definition) is 1. The van der Waals surface area contributed by atoms with E-state index in [2.05, 4.69) is 5.32 Å². The van der Waals surface area contributed by atoms with Crippen LogP contribution in [0.15, 0.2) is 88.3 Å². The molecule has 122 valence electrons. The zero-order chi connectivity index (χ0) is 17.2. The Kier molecular flexibility index (Phi) is 3.67. The van der Waals surface area contributed by atoms with Crippen molar-refractivity contribution in [3.05, 3.63) is 95.1 Å². The summed E-state index contributed by atoms with van der Waals surface area (Å²) in [6.07, 6.45) is 3.83. The number of hydrogen-bond acceptors (Lipinski definition) is 3. The van der Waals surface area contributed by atoms with Gasteiger partial charge in [-0.1, -0.05) is 24.3 Å². The fourth-order valence-corrected chi connectivity index (χ4v) is 2.67. The van der Waals surface area contributed by atoms with Crippen molar-refractivity contribution in [1.82, 2.24) is 4.57 Å². The number of benzene rings is 2. The van der Waals surface area contributed by atoms with E-state index in [-0.39, 0.29) is 5.56 Å². The topological polar surface area (TPSA) is 64.2 Å². The number of nitrogens with zero attached hydrogens (tertiary/aromatic N) is 1. The lowest BCUT2D eigenvalue weighted by Crippen LogP contribution is -2.20. The third-order valence-corrected chi connectivity index (χ3v) is 3.89. The number of carbonyl (C=O) groups excluding carboxylic acids is 1. The van der Waals surface area contributed by atoms with Gasteiger partial charge in [0.25, 0.3) is 5.91 Å². The highest BCUT2D eigenvalue weighted by atomic mass is 16.4. The second-order valence-corrected chi connectivity index (χ2v) is 5.58. The molecule has 1 N–H and O–H groups in total. The molecule has 0 bridgehead atoms. The van der Waals surface area contributed by atoms with Crippen molar-refractivity contribution < 1.29 is 9.21 Å². The lowest BCUT2D eigenvalue weighted by Gasteiger charge is -2.08. The molecule has 0 aliphatic heterocycles. The SMILES string of the molecule is O=C(Nc1cccc(-n2cccc2)c1)c1cc2ccccc2oc1=O. The van der Waals surface area contributed by atoms with E-state index in [1.807, 2.05) is 53.4 Å². The summed E-state index contributed by atoms with van der Waals surface area (Å²) < 4.78 is 7.14. The Morgan fingerprint density at radius 2 is 1.72 bits per heavy atom. The molecule has 0 aliphatic rings. The molecule has 25 heavy (non-hydrogen) atoms. The van der Waals surface area contributed by atoms with Gasteiger partial charge in [-0.05, 0) is 42.5 Å². The third kappa shape index (κ3) is 2.95. The van der Waals surface area contributed by atoms with Crippen LogP contribution in [0.3, 0.4) is 0 Å². The summed E-state index contributed by atoms with van der Waals surface area (Å²) in [5, 5.41) is 3.46. The smallest absolute Gasteiger partial charge is 0.349 e. The van der Waals surface area contributed by atoms with Gasteiger partial charge < -0.3 is 14.3 Å². The molecule has 2 aromatic carbocycles. The first kappa shape index (κ1) is 15.0. The highest BCUT2D eigenvalue weighted by molar-refractivity contribution is 6.05. The van der Waals surface area contributed by atoms with Crippen LogP contribution in [0.1, 0.15) is 10.4 Å². The normalized spacial score (nSPS) is 10.7. The summed E-state index contributed by atoms with van der Waals surface area (Å²) in [6.45, 7) is 0. The monoisotopic (exact) mass is 330 g/mol. The highest BCUT2D eigenvalue weighted by Crippen LogP contribution is 2.17. The van der Waals surface area contributed by atoms with Crippen LogP contribution in [0.5, 0.6) is 0 Å². The number of rotatable bonds is 3. The van der Waals surface area contributed by atoms with Gasteiger partial charge in [0.05, 0.1) is 0 Å². The van der Waals surface area contributed by atoms with E-state index >= 15 is 0 Å². The Morgan fingerprint density at radius 1 is 0.920 bits per heavy atom. The van der Waals surface area contributed by atoms with Crippen LogP contribution in [0.2, 0.25) is 0 Å². The maximum absolute atomic E-state index is 12.5. The van der Waals surface area contributed by atoms with Gasteiger partial charge in [0.2, 0.25) is 0 Å². The fourth-order valence-electron chi connectivity index (χ4n) is 2.67. The Morgan fingerprint density at radius 3 is 2.56 bits per heavy atom. The zero-order valence-electron chi connectivity index (χ0n) is 13.2. The Bertz CT molecular complexity index is 1110. The first-order valence-electron chi connectivity index (χ1n) is 7.78. The van der Waals surface area contributed by atoms with Crippen molar-refractivity contribution in [2.75, 3.05) is 5.32 Å². The van der Waals surface area contributed by atoms with Crippen LogP contribution < -0.4 is 10.9 Å². The quantitative estimate of drug-likeness (QED) is 0.581. The highest BCUT2D eigenvalue weighted by Gasteiger charge is 2.14. The minimum absolute atomic E-state index is 0.0231. The molecule has 4 aromatic rings. The molecule has 4 rings (SSSR count). The summed E-state index contributed by atoms with van der Waals surface area (Å²) in [7, 11) is 0. The first-order chi connectivity index (χ1) is 12.2. The largest absolute Gasteiger partial charge is 0.422 e. The van der Waals surface area contributed by atoms with Crippen LogP contribution in [-0.2, 0) is 0 Å². The number of fused-ring (bicyclic) bond motifs is 1. The van der Waals surface area contributed by atoms with Crippen LogP contribution in [0, 0.1) is 0 Å². The first-order valence-corrected chi connectivity index (χ1v) is 7.78. The van der Waals surface area contributed by atoms with Gasteiger partial charge in [-0.25, -0.2) is 4.79 Å². The van der Waals surface area contributed by atoms with Crippen LogP contribution >= 0.6 is 0 Å². The van der Waals surface area contributed by atoms with E-state index in [4.69, 9.17) is 4.42 Å². The molecule has 5 nitrogen and oxygen atoms in total. The van der Waals surface area contributed by atoms with Crippen molar-refractivity contribution >= 4 is 22.6 Å². The van der Waals surface area contributed by atoms with E-state index in [9.17, 15) is 9.59 Å². The standard InChI is InChI=1S/C20H14N2O3/c23-19(17-12-14-6-1-2-9-18(14)25-20(17)24)21-15-7-5-8-16(13-15)22-10-3-4-11-22/h1-13H,(H,21,23). The van der Waals surface area contributed by atoms with E-state index in [0.29, 0.717) is 16.7 Å². The summed E-state index contributed by atoms with van der Waals surface area (Å²) in [5.41, 5.74) is 1.29. The molecule has 5 heteroatoms. The number of anilines is 1. The average Bonchev–Trinajstić information content (AvgIpc) is 3.16. The van der Waals surface area contributed by atoms with Gasteiger partial charge in [-0.15, -0.1) is 0 Å². The van der Waals surface area contributed by atoms with E-state index in [1.165, 1.54) is 0 Å². The number of aromatic nitrogens is 1. The number of amides is 1. The Hall–Kier alpha value is -3.60. The minimum Gasteiger partial charge on any atom is -0.422 e. The molecule has 0 aliphatic carbocycles. The molecule has 0 radical (unpaired) electrons. The van der Waals surface area contributed by atoms with Gasteiger partial charge in [0.15, 0.2) is 0 Å². The fraction of sp³-hybridized carbons (Fsp3) is 0. The van der Waals surface area contributed by atoms with Crippen LogP contribution in [0.25, 0.3) is 16.7 Å². The summed E-state index contributed by atoms with van der Waals surface area (Å²) in [6, 6.07) is 19.9. The van der Waals surface area contributed by atoms with Crippen LogP contribution in [0.4, 0.5) is 5.69 Å². The Balaban J connectivity index is 1.65. The molecule has 1 amide bonds. The summed E-state index contributed by atoms with van der Waals surface area (Å²) in [4.78, 5) is 24.6. The molecule has 0 fully saturated rings. The number of nitrogens with one attached hydrogen (secondary N) is 1. The maximum Gasteiger partial charge on any atom is 0.349 e. The molecule has 0 atom stereocenters. The average molecular weight is 330 g/mol. The lowest BCUT2D eigenvalue weighted by molar-refractivity contribution is 0.102. The van der Waals surface area contributed by atoms with Crippen molar-refractivity contribution in [3.63, 3.8) is 0 Å². The predicted molar refractivity (Wildman–Crippen MR) is 96.2 cm³/mol. The van der Waals surface area contributed by atoms with Crippen LogP contribution in [-0.4, -0.2) is 10.5 Å². The molecule has 2 heterocycles. The molecular weight excluding hydrogens is 316 g/mol.